The van der Waals surface area contributed by atoms with Crippen LogP contribution in [0, 0.1) is 5.92 Å². The third kappa shape index (κ3) is 2.44. The molecule has 2 N–H and O–H groups in total. The molecule has 6 nitrogen and oxygen atoms in total. The summed E-state index contributed by atoms with van der Waals surface area (Å²) in [7, 11) is -3.57. The molecule has 2 unspecified atom stereocenters. The monoisotopic (exact) mass is 345 g/mol. The number of piperidine rings is 1. The van der Waals surface area contributed by atoms with Crippen LogP contribution in [0.15, 0.2) is 52.2 Å². The smallest absolute Gasteiger partial charge is 0.250 e. The summed E-state index contributed by atoms with van der Waals surface area (Å²) in [5.41, 5.74) is 7.10. The maximum atomic E-state index is 13.0. The van der Waals surface area contributed by atoms with Gasteiger partial charge in [-0.05, 0) is 36.6 Å². The first kappa shape index (κ1) is 15.4. The highest BCUT2D eigenvalue weighted by molar-refractivity contribution is 7.89. The fourth-order valence-electron chi connectivity index (χ4n) is 3.87. The minimum Gasteiger partial charge on any atom is -0.399 e. The molecule has 2 atom stereocenters. The molecule has 2 aliphatic rings. The molecule has 4 rings (SSSR count). The molecule has 1 aromatic heterocycles. The van der Waals surface area contributed by atoms with Gasteiger partial charge < -0.3 is 10.3 Å². The quantitative estimate of drug-likeness (QED) is 0.830. The van der Waals surface area contributed by atoms with E-state index in [-0.39, 0.29) is 22.3 Å². The van der Waals surface area contributed by atoms with E-state index in [1.807, 2.05) is 6.07 Å². The Morgan fingerprint density at radius 1 is 1.04 bits per heavy atom. The maximum Gasteiger partial charge on any atom is 0.250 e. The van der Waals surface area contributed by atoms with Crippen molar-refractivity contribution < 1.29 is 8.42 Å². The van der Waals surface area contributed by atoms with Crippen LogP contribution >= 0.6 is 0 Å². The van der Waals surface area contributed by atoms with Crippen LogP contribution in [0.25, 0.3) is 0 Å². The Morgan fingerprint density at radius 2 is 1.83 bits per heavy atom. The number of fused-ring (bicyclic) bond motifs is 4. The van der Waals surface area contributed by atoms with Crippen LogP contribution in [-0.4, -0.2) is 30.4 Å². The number of benzene rings is 1. The summed E-state index contributed by atoms with van der Waals surface area (Å²) in [5, 5.41) is 0. The fourth-order valence-corrected chi connectivity index (χ4v) is 5.49. The topological polar surface area (TPSA) is 85.4 Å². The zero-order valence-corrected chi connectivity index (χ0v) is 13.9. The van der Waals surface area contributed by atoms with Gasteiger partial charge in [-0.25, -0.2) is 8.42 Å². The Bertz CT molecular complexity index is 952. The number of hydrogen-bond donors (Lipinski definition) is 1. The average molecular weight is 345 g/mol. The highest BCUT2D eigenvalue weighted by Gasteiger charge is 2.39. The lowest BCUT2D eigenvalue weighted by atomic mass is 9.84. The van der Waals surface area contributed by atoms with E-state index < -0.39 is 10.0 Å². The predicted octanol–water partition coefficient (Wildman–Crippen LogP) is 1.24. The molecule has 2 bridgehead atoms. The van der Waals surface area contributed by atoms with Crippen molar-refractivity contribution in [3.05, 3.63) is 58.5 Å². The van der Waals surface area contributed by atoms with E-state index in [4.69, 9.17) is 5.73 Å². The van der Waals surface area contributed by atoms with E-state index in [1.54, 1.807) is 39.2 Å². The van der Waals surface area contributed by atoms with Gasteiger partial charge in [0, 0.05) is 43.0 Å². The molecule has 0 aliphatic carbocycles. The Morgan fingerprint density at radius 3 is 2.62 bits per heavy atom. The molecule has 0 amide bonds. The zero-order valence-electron chi connectivity index (χ0n) is 13.1. The normalized spacial score (nSPS) is 23.7. The number of pyridine rings is 1. The van der Waals surface area contributed by atoms with Gasteiger partial charge in [0.05, 0.1) is 4.90 Å². The van der Waals surface area contributed by atoms with Gasteiger partial charge >= 0.3 is 0 Å². The van der Waals surface area contributed by atoms with Crippen LogP contribution in [0.1, 0.15) is 18.0 Å². The Kier molecular flexibility index (Phi) is 3.51. The lowest BCUT2D eigenvalue weighted by molar-refractivity contribution is 0.186. The Balaban J connectivity index is 1.70. The van der Waals surface area contributed by atoms with Crippen LogP contribution in [0.2, 0.25) is 0 Å². The number of hydrogen-bond acceptors (Lipinski definition) is 4. The molecule has 24 heavy (non-hydrogen) atoms. The van der Waals surface area contributed by atoms with E-state index in [0.717, 1.165) is 12.1 Å². The van der Waals surface area contributed by atoms with E-state index >= 15 is 0 Å². The van der Waals surface area contributed by atoms with Gasteiger partial charge in [0.25, 0.3) is 5.56 Å². The van der Waals surface area contributed by atoms with Gasteiger partial charge in [-0.2, -0.15) is 4.31 Å². The average Bonchev–Trinajstić information content (AvgIpc) is 2.56. The molecule has 2 aromatic rings. The second-order valence-corrected chi connectivity index (χ2v) is 8.53. The summed E-state index contributed by atoms with van der Waals surface area (Å²) >= 11 is 0. The van der Waals surface area contributed by atoms with E-state index in [2.05, 4.69) is 0 Å². The molecule has 1 saturated heterocycles. The van der Waals surface area contributed by atoms with Crippen molar-refractivity contribution in [3.8, 4) is 0 Å². The van der Waals surface area contributed by atoms with E-state index in [0.29, 0.717) is 25.3 Å². The maximum absolute atomic E-state index is 13.0. The molecule has 0 saturated carbocycles. The largest absolute Gasteiger partial charge is 0.399 e. The van der Waals surface area contributed by atoms with Crippen LogP contribution < -0.4 is 11.3 Å². The summed E-state index contributed by atoms with van der Waals surface area (Å²) in [4.78, 5) is 12.3. The number of rotatable bonds is 2. The standard InChI is InChI=1S/C17H19N3O3S/c18-14-3-1-4-15(8-14)24(22,23)19-9-12-7-13(11-19)16-5-2-6-17(21)20(16)10-12/h1-6,8,12-13H,7,9-11,18H2. The fraction of sp³-hybridized carbons (Fsp3) is 0.353. The summed E-state index contributed by atoms with van der Waals surface area (Å²) < 4.78 is 29.2. The van der Waals surface area contributed by atoms with Crippen molar-refractivity contribution in [1.29, 1.82) is 0 Å². The molecule has 1 fully saturated rings. The number of nitrogens with two attached hydrogens (primary N) is 1. The summed E-state index contributed by atoms with van der Waals surface area (Å²) in [6.07, 6.45) is 0.923. The van der Waals surface area contributed by atoms with Crippen molar-refractivity contribution in [2.45, 2.75) is 23.8 Å². The minimum atomic E-state index is -3.57. The number of sulfonamides is 1. The summed E-state index contributed by atoms with van der Waals surface area (Å²) in [6, 6.07) is 11.6. The van der Waals surface area contributed by atoms with Gasteiger partial charge in [0.15, 0.2) is 0 Å². The third-order valence-corrected chi connectivity index (χ3v) is 6.77. The molecular formula is C17H19N3O3S. The zero-order chi connectivity index (χ0) is 16.9. The molecule has 3 heterocycles. The second kappa shape index (κ2) is 5.46. The van der Waals surface area contributed by atoms with E-state index in [1.165, 1.54) is 6.07 Å². The third-order valence-electron chi connectivity index (χ3n) is 4.94. The highest BCUT2D eigenvalue weighted by Crippen LogP contribution is 2.37. The second-order valence-electron chi connectivity index (χ2n) is 6.59. The van der Waals surface area contributed by atoms with Crippen LogP contribution in [0.5, 0.6) is 0 Å². The van der Waals surface area contributed by atoms with E-state index in [9.17, 15) is 13.2 Å². The number of nitrogen functional groups attached to an aromatic ring is 1. The minimum absolute atomic E-state index is 0.00524. The molecule has 7 heteroatoms. The first-order valence-electron chi connectivity index (χ1n) is 8.00. The van der Waals surface area contributed by atoms with Gasteiger partial charge in [-0.3, -0.25) is 4.79 Å². The van der Waals surface area contributed by atoms with Crippen molar-refractivity contribution in [2.24, 2.45) is 5.92 Å². The van der Waals surface area contributed by atoms with Gasteiger partial charge in [-0.1, -0.05) is 12.1 Å². The Hall–Kier alpha value is -2.12. The van der Waals surface area contributed by atoms with Crippen LogP contribution in [0.4, 0.5) is 5.69 Å². The Labute approximate surface area is 140 Å². The number of nitrogens with zero attached hydrogens (tertiary/aromatic N) is 2. The van der Waals surface area contributed by atoms with Crippen molar-refractivity contribution in [3.63, 3.8) is 0 Å². The molecule has 1 aromatic carbocycles. The summed E-state index contributed by atoms with van der Waals surface area (Å²) in [5.74, 6) is 0.217. The lowest BCUT2D eigenvalue weighted by Crippen LogP contribution is -2.49. The molecule has 0 spiro atoms. The summed E-state index contributed by atoms with van der Waals surface area (Å²) in [6.45, 7) is 1.42. The highest BCUT2D eigenvalue weighted by atomic mass is 32.2. The molecular weight excluding hydrogens is 326 g/mol. The van der Waals surface area contributed by atoms with Gasteiger partial charge in [0.2, 0.25) is 10.0 Å². The van der Waals surface area contributed by atoms with Gasteiger partial charge in [0.1, 0.15) is 0 Å². The van der Waals surface area contributed by atoms with Crippen molar-refractivity contribution in [1.82, 2.24) is 8.87 Å². The lowest BCUT2D eigenvalue weighted by Gasteiger charge is -2.42. The molecule has 0 radical (unpaired) electrons. The van der Waals surface area contributed by atoms with Crippen LogP contribution in [0.3, 0.4) is 0 Å². The first-order valence-corrected chi connectivity index (χ1v) is 9.44. The van der Waals surface area contributed by atoms with Crippen molar-refractivity contribution in [2.75, 3.05) is 18.8 Å². The van der Waals surface area contributed by atoms with Crippen molar-refractivity contribution >= 4 is 15.7 Å². The molecule has 2 aliphatic heterocycles. The first-order chi connectivity index (χ1) is 11.4. The molecule has 126 valence electrons. The van der Waals surface area contributed by atoms with Crippen LogP contribution in [-0.2, 0) is 16.6 Å². The number of anilines is 1. The SMILES string of the molecule is Nc1cccc(S(=O)(=O)N2CC3CC(C2)c2cccc(=O)n2C3)c1. The number of aromatic nitrogens is 1. The predicted molar refractivity (Wildman–Crippen MR) is 91.2 cm³/mol. The van der Waals surface area contributed by atoms with Gasteiger partial charge in [-0.15, -0.1) is 0 Å².